The molecule has 0 aliphatic rings. The fourth-order valence-electron chi connectivity index (χ4n) is 2.66. The first kappa shape index (κ1) is 18.5. The van der Waals surface area contributed by atoms with Gasteiger partial charge in [0.1, 0.15) is 0 Å². The van der Waals surface area contributed by atoms with E-state index in [9.17, 15) is 4.79 Å². The standard InChI is InChI=1S/C17H34O2/c1-3-5-7-8-9-11-13-16(12-10-6-4-2)14-15-17(18)19/h16H,3-15H2,1-2H3,(H,18,19). The first-order valence-corrected chi connectivity index (χ1v) is 8.42. The molecule has 0 heterocycles. The van der Waals surface area contributed by atoms with Crippen molar-refractivity contribution >= 4 is 5.97 Å². The third kappa shape index (κ3) is 13.7. The number of aliphatic carboxylic acids is 1. The average molecular weight is 270 g/mol. The minimum atomic E-state index is -0.636. The summed E-state index contributed by atoms with van der Waals surface area (Å²) < 4.78 is 0. The van der Waals surface area contributed by atoms with Crippen molar-refractivity contribution in [3.05, 3.63) is 0 Å². The molecule has 1 N–H and O–H groups in total. The first-order valence-electron chi connectivity index (χ1n) is 8.42. The highest BCUT2D eigenvalue weighted by molar-refractivity contribution is 5.66. The second kappa shape index (κ2) is 13.9. The summed E-state index contributed by atoms with van der Waals surface area (Å²) in [5.74, 6) is 0.0114. The van der Waals surface area contributed by atoms with E-state index in [0.29, 0.717) is 12.3 Å². The van der Waals surface area contributed by atoms with Gasteiger partial charge in [-0.25, -0.2) is 0 Å². The minimum Gasteiger partial charge on any atom is -0.481 e. The molecule has 0 fully saturated rings. The zero-order valence-corrected chi connectivity index (χ0v) is 13.1. The molecule has 0 rings (SSSR count). The molecule has 0 aliphatic heterocycles. The van der Waals surface area contributed by atoms with Crippen molar-refractivity contribution in [3.8, 4) is 0 Å². The summed E-state index contributed by atoms with van der Waals surface area (Å²) in [5, 5.41) is 8.80. The largest absolute Gasteiger partial charge is 0.481 e. The maximum atomic E-state index is 10.7. The van der Waals surface area contributed by atoms with E-state index >= 15 is 0 Å². The summed E-state index contributed by atoms with van der Waals surface area (Å²) in [6.45, 7) is 4.47. The molecule has 0 aromatic rings. The fraction of sp³-hybridized carbons (Fsp3) is 0.941. The molecular weight excluding hydrogens is 236 g/mol. The summed E-state index contributed by atoms with van der Waals surface area (Å²) in [7, 11) is 0. The van der Waals surface area contributed by atoms with Crippen molar-refractivity contribution in [3.63, 3.8) is 0 Å². The topological polar surface area (TPSA) is 37.3 Å². The third-order valence-corrected chi connectivity index (χ3v) is 3.95. The van der Waals surface area contributed by atoms with E-state index in [1.54, 1.807) is 0 Å². The second-order valence-electron chi connectivity index (χ2n) is 5.85. The quantitative estimate of drug-likeness (QED) is 0.405. The molecular formula is C17H34O2. The van der Waals surface area contributed by atoms with Crippen LogP contribution in [0.3, 0.4) is 0 Å². The Morgan fingerprint density at radius 1 is 0.789 bits per heavy atom. The van der Waals surface area contributed by atoms with Crippen LogP contribution in [0, 0.1) is 5.92 Å². The van der Waals surface area contributed by atoms with Crippen molar-refractivity contribution in [1.29, 1.82) is 0 Å². The number of hydrogen-bond donors (Lipinski definition) is 1. The van der Waals surface area contributed by atoms with Crippen LogP contribution in [0.2, 0.25) is 0 Å². The Balaban J connectivity index is 3.67. The lowest BCUT2D eigenvalue weighted by Crippen LogP contribution is -2.05. The molecule has 1 unspecified atom stereocenters. The Morgan fingerprint density at radius 2 is 1.26 bits per heavy atom. The van der Waals surface area contributed by atoms with Gasteiger partial charge in [-0.1, -0.05) is 84.5 Å². The maximum absolute atomic E-state index is 10.7. The van der Waals surface area contributed by atoms with Gasteiger partial charge in [0.2, 0.25) is 0 Å². The van der Waals surface area contributed by atoms with Crippen LogP contribution in [0.1, 0.15) is 97.3 Å². The SMILES string of the molecule is CCCCCCCCC(CCCCC)CCC(=O)O. The zero-order chi connectivity index (χ0) is 14.3. The molecule has 19 heavy (non-hydrogen) atoms. The van der Waals surface area contributed by atoms with Crippen LogP contribution < -0.4 is 0 Å². The molecule has 114 valence electrons. The number of hydrogen-bond acceptors (Lipinski definition) is 1. The Morgan fingerprint density at radius 3 is 1.84 bits per heavy atom. The smallest absolute Gasteiger partial charge is 0.303 e. The van der Waals surface area contributed by atoms with Crippen molar-refractivity contribution < 1.29 is 9.90 Å². The van der Waals surface area contributed by atoms with E-state index < -0.39 is 5.97 Å². The van der Waals surface area contributed by atoms with E-state index in [0.717, 1.165) is 6.42 Å². The molecule has 0 aromatic carbocycles. The Hall–Kier alpha value is -0.530. The van der Waals surface area contributed by atoms with Gasteiger partial charge >= 0.3 is 5.97 Å². The number of rotatable bonds is 14. The monoisotopic (exact) mass is 270 g/mol. The molecule has 0 saturated heterocycles. The summed E-state index contributed by atoms with van der Waals surface area (Å²) in [6, 6.07) is 0. The summed E-state index contributed by atoms with van der Waals surface area (Å²) in [6.07, 6.45) is 15.5. The lowest BCUT2D eigenvalue weighted by molar-refractivity contribution is -0.137. The Bertz CT molecular complexity index is 201. The van der Waals surface area contributed by atoms with Gasteiger partial charge < -0.3 is 5.11 Å². The van der Waals surface area contributed by atoms with Gasteiger partial charge in [-0.2, -0.15) is 0 Å². The number of carboxylic acid groups (broad SMARTS) is 1. The molecule has 0 bridgehead atoms. The van der Waals surface area contributed by atoms with Gasteiger partial charge in [-0.05, 0) is 12.3 Å². The van der Waals surface area contributed by atoms with Crippen molar-refractivity contribution in [2.45, 2.75) is 97.3 Å². The van der Waals surface area contributed by atoms with Gasteiger partial charge in [0.05, 0.1) is 0 Å². The van der Waals surface area contributed by atoms with Crippen molar-refractivity contribution in [2.75, 3.05) is 0 Å². The molecule has 0 amide bonds. The first-order chi connectivity index (χ1) is 9.20. The van der Waals surface area contributed by atoms with Gasteiger partial charge in [-0.15, -0.1) is 0 Å². The van der Waals surface area contributed by atoms with Gasteiger partial charge in [-0.3, -0.25) is 4.79 Å². The highest BCUT2D eigenvalue weighted by atomic mass is 16.4. The maximum Gasteiger partial charge on any atom is 0.303 e. The highest BCUT2D eigenvalue weighted by Gasteiger charge is 2.10. The number of carboxylic acids is 1. The van der Waals surface area contributed by atoms with E-state index in [1.165, 1.54) is 70.6 Å². The fourth-order valence-corrected chi connectivity index (χ4v) is 2.66. The van der Waals surface area contributed by atoms with Crippen LogP contribution in [-0.2, 0) is 4.79 Å². The lowest BCUT2D eigenvalue weighted by atomic mass is 9.90. The highest BCUT2D eigenvalue weighted by Crippen LogP contribution is 2.22. The molecule has 2 nitrogen and oxygen atoms in total. The number of carbonyl (C=O) groups is 1. The van der Waals surface area contributed by atoms with Gasteiger partial charge in [0, 0.05) is 6.42 Å². The summed E-state index contributed by atoms with van der Waals surface area (Å²) >= 11 is 0. The molecule has 0 saturated carbocycles. The van der Waals surface area contributed by atoms with Crippen molar-refractivity contribution in [2.24, 2.45) is 5.92 Å². The minimum absolute atomic E-state index is 0.354. The Kier molecular flexibility index (Phi) is 13.5. The predicted octanol–water partition coefficient (Wildman–Crippen LogP) is 5.80. The van der Waals surface area contributed by atoms with Crippen LogP contribution >= 0.6 is 0 Å². The molecule has 0 spiro atoms. The summed E-state index contributed by atoms with van der Waals surface area (Å²) in [4.78, 5) is 10.7. The Labute approximate surface area is 120 Å². The average Bonchev–Trinajstić information content (AvgIpc) is 2.39. The number of unbranched alkanes of at least 4 members (excludes halogenated alkanes) is 7. The lowest BCUT2D eigenvalue weighted by Gasteiger charge is -2.15. The molecule has 0 aliphatic carbocycles. The molecule has 0 radical (unpaired) electrons. The molecule has 0 aromatic heterocycles. The van der Waals surface area contributed by atoms with Crippen LogP contribution in [0.25, 0.3) is 0 Å². The van der Waals surface area contributed by atoms with Gasteiger partial charge in [0.15, 0.2) is 0 Å². The zero-order valence-electron chi connectivity index (χ0n) is 13.1. The predicted molar refractivity (Wildman–Crippen MR) is 82.5 cm³/mol. The third-order valence-electron chi connectivity index (χ3n) is 3.95. The van der Waals surface area contributed by atoms with E-state index in [2.05, 4.69) is 13.8 Å². The van der Waals surface area contributed by atoms with Crippen LogP contribution in [0.5, 0.6) is 0 Å². The van der Waals surface area contributed by atoms with Crippen LogP contribution in [0.4, 0.5) is 0 Å². The van der Waals surface area contributed by atoms with Gasteiger partial charge in [0.25, 0.3) is 0 Å². The van der Waals surface area contributed by atoms with Crippen molar-refractivity contribution in [1.82, 2.24) is 0 Å². The molecule has 1 atom stereocenters. The normalized spacial score (nSPS) is 12.5. The van der Waals surface area contributed by atoms with Crippen LogP contribution in [-0.4, -0.2) is 11.1 Å². The summed E-state index contributed by atoms with van der Waals surface area (Å²) in [5.41, 5.74) is 0. The van der Waals surface area contributed by atoms with E-state index in [4.69, 9.17) is 5.11 Å². The van der Waals surface area contributed by atoms with E-state index in [1.807, 2.05) is 0 Å². The second-order valence-corrected chi connectivity index (χ2v) is 5.85. The van der Waals surface area contributed by atoms with Crippen LogP contribution in [0.15, 0.2) is 0 Å². The molecule has 2 heteroatoms. The van der Waals surface area contributed by atoms with E-state index in [-0.39, 0.29) is 0 Å².